The molecule has 4 nitrogen and oxygen atoms in total. The molecule has 2 aliphatic rings. The second kappa shape index (κ2) is 3.20. The minimum absolute atomic E-state index is 0.0548. The molecule has 0 spiro atoms. The van der Waals surface area contributed by atoms with Crippen molar-refractivity contribution in [1.82, 2.24) is 9.47 Å². The van der Waals surface area contributed by atoms with Gasteiger partial charge in [-0.2, -0.15) is 0 Å². The van der Waals surface area contributed by atoms with Crippen LogP contribution in [-0.2, 0) is 7.05 Å². The fourth-order valence-electron chi connectivity index (χ4n) is 2.21. The third-order valence-corrected chi connectivity index (χ3v) is 3.25. The zero-order chi connectivity index (χ0) is 12.2. The number of aromatic nitrogens is 1. The Balaban J connectivity index is 2.18. The van der Waals surface area contributed by atoms with Crippen molar-refractivity contribution in [3.8, 4) is 0 Å². The number of hydrogen-bond acceptors (Lipinski definition) is 3. The summed E-state index contributed by atoms with van der Waals surface area (Å²) < 4.78 is 1.72. The van der Waals surface area contributed by atoms with E-state index in [4.69, 9.17) is 0 Å². The maximum absolute atomic E-state index is 12.2. The molecule has 17 heavy (non-hydrogen) atoms. The van der Waals surface area contributed by atoms with Crippen LogP contribution in [-0.4, -0.2) is 34.1 Å². The van der Waals surface area contributed by atoms with Crippen LogP contribution in [0.5, 0.6) is 0 Å². The van der Waals surface area contributed by atoms with Crippen LogP contribution < -0.4 is 0 Å². The molecule has 1 fully saturated rings. The maximum atomic E-state index is 12.2. The zero-order valence-electron chi connectivity index (χ0n) is 9.56. The van der Waals surface area contributed by atoms with Crippen molar-refractivity contribution in [3.05, 3.63) is 41.4 Å². The Morgan fingerprint density at radius 2 is 2.06 bits per heavy atom. The molecule has 0 bridgehead atoms. The maximum Gasteiger partial charge on any atom is 0.211 e. The number of carbonyl (C=O) groups excluding carboxylic acids is 2. The Hall–Kier alpha value is -2.10. The molecule has 0 unspecified atom stereocenters. The molecule has 1 aliphatic carbocycles. The molecule has 0 saturated carbocycles. The summed E-state index contributed by atoms with van der Waals surface area (Å²) in [5, 5.41) is 0. The molecule has 0 atom stereocenters. The van der Waals surface area contributed by atoms with Gasteiger partial charge in [0.2, 0.25) is 11.6 Å². The molecule has 0 radical (unpaired) electrons. The lowest BCUT2D eigenvalue weighted by atomic mass is 9.99. The number of fused-ring (bicyclic) bond motifs is 1. The van der Waals surface area contributed by atoms with Gasteiger partial charge >= 0.3 is 0 Å². The Bertz CT molecular complexity index is 589. The first kappa shape index (κ1) is 10.1. The van der Waals surface area contributed by atoms with E-state index in [9.17, 15) is 9.59 Å². The lowest BCUT2D eigenvalue weighted by molar-refractivity contribution is 0.0966. The molecule has 0 N–H and O–H groups in total. The molecule has 4 heteroatoms. The van der Waals surface area contributed by atoms with Crippen LogP contribution in [0.2, 0.25) is 0 Å². The van der Waals surface area contributed by atoms with E-state index in [1.165, 1.54) is 6.08 Å². The number of allylic oxidation sites excluding steroid dienone is 2. The van der Waals surface area contributed by atoms with Gasteiger partial charge in [0.05, 0.1) is 11.3 Å². The normalized spacial score (nSPS) is 17.9. The van der Waals surface area contributed by atoms with Crippen LogP contribution in [0, 0.1) is 0 Å². The van der Waals surface area contributed by atoms with Gasteiger partial charge in [0.1, 0.15) is 5.69 Å². The van der Waals surface area contributed by atoms with Crippen molar-refractivity contribution in [2.24, 2.45) is 7.05 Å². The third-order valence-electron chi connectivity index (χ3n) is 3.25. The first-order chi connectivity index (χ1) is 8.13. The van der Waals surface area contributed by atoms with Gasteiger partial charge in [0.25, 0.3) is 0 Å². The molecule has 3 rings (SSSR count). The predicted molar refractivity (Wildman–Crippen MR) is 63.8 cm³/mol. The highest BCUT2D eigenvalue weighted by atomic mass is 16.1. The molecule has 0 aromatic carbocycles. The summed E-state index contributed by atoms with van der Waals surface area (Å²) in [5.74, 6) is -0.155. The quantitative estimate of drug-likeness (QED) is 0.715. The molecular weight excluding hydrogens is 216 g/mol. The van der Waals surface area contributed by atoms with Gasteiger partial charge in [0.15, 0.2) is 0 Å². The first-order valence-corrected chi connectivity index (χ1v) is 5.51. The van der Waals surface area contributed by atoms with E-state index in [-0.39, 0.29) is 11.6 Å². The SMILES string of the molecule is C=Cc1cc2c(n1C)C(=O)C=C(N1CC1)C2=O. The number of carbonyl (C=O) groups is 2. The fraction of sp³-hybridized carbons (Fsp3) is 0.231. The summed E-state index contributed by atoms with van der Waals surface area (Å²) in [5.41, 5.74) is 2.29. The van der Waals surface area contributed by atoms with E-state index in [2.05, 4.69) is 6.58 Å². The highest BCUT2D eigenvalue weighted by molar-refractivity contribution is 6.24. The van der Waals surface area contributed by atoms with Crippen molar-refractivity contribution in [2.45, 2.75) is 0 Å². The van der Waals surface area contributed by atoms with Crippen LogP contribution in [0.15, 0.2) is 24.4 Å². The second-order valence-electron chi connectivity index (χ2n) is 4.30. The molecular formula is C13H12N2O2. The largest absolute Gasteiger partial charge is 0.365 e. The summed E-state index contributed by atoms with van der Waals surface area (Å²) in [6.07, 6.45) is 3.10. The van der Waals surface area contributed by atoms with Crippen molar-refractivity contribution >= 4 is 17.6 Å². The van der Waals surface area contributed by atoms with Crippen molar-refractivity contribution in [3.63, 3.8) is 0 Å². The summed E-state index contributed by atoms with van der Waals surface area (Å²) in [4.78, 5) is 26.1. The number of Topliss-reactive ketones (excluding diaryl/α,β-unsaturated/α-hetero) is 1. The fourth-order valence-corrected chi connectivity index (χ4v) is 2.21. The lowest BCUT2D eigenvalue weighted by Crippen LogP contribution is -2.21. The van der Waals surface area contributed by atoms with Crippen LogP contribution in [0.4, 0.5) is 0 Å². The average molecular weight is 228 g/mol. The summed E-state index contributed by atoms with van der Waals surface area (Å²) in [6.45, 7) is 5.41. The predicted octanol–water partition coefficient (Wildman–Crippen LogP) is 1.25. The summed E-state index contributed by atoms with van der Waals surface area (Å²) >= 11 is 0. The molecule has 2 heterocycles. The van der Waals surface area contributed by atoms with Gasteiger partial charge in [-0.15, -0.1) is 0 Å². The molecule has 0 amide bonds. The van der Waals surface area contributed by atoms with E-state index in [1.54, 1.807) is 23.8 Å². The second-order valence-corrected chi connectivity index (χ2v) is 4.30. The van der Waals surface area contributed by atoms with E-state index in [0.29, 0.717) is 17.0 Å². The first-order valence-electron chi connectivity index (χ1n) is 5.51. The standard InChI is InChI=1S/C13H12N2O2/c1-3-8-6-9-12(14(8)2)11(16)7-10(13(9)17)15-4-5-15/h3,6-7H,1,4-5H2,2H3. The van der Waals surface area contributed by atoms with Crippen LogP contribution in [0.25, 0.3) is 6.08 Å². The Morgan fingerprint density at radius 1 is 1.35 bits per heavy atom. The Kier molecular flexibility index (Phi) is 1.90. The minimum Gasteiger partial charge on any atom is -0.365 e. The average Bonchev–Trinajstić information content (AvgIpc) is 3.08. The van der Waals surface area contributed by atoms with E-state index < -0.39 is 0 Å². The highest BCUT2D eigenvalue weighted by Gasteiger charge is 2.35. The van der Waals surface area contributed by atoms with Crippen molar-refractivity contribution in [1.29, 1.82) is 0 Å². The van der Waals surface area contributed by atoms with Gasteiger partial charge in [-0.25, -0.2) is 0 Å². The lowest BCUT2D eigenvalue weighted by Gasteiger charge is -2.14. The molecule has 1 saturated heterocycles. The number of hydrogen-bond donors (Lipinski definition) is 0. The summed E-state index contributed by atoms with van der Waals surface area (Å²) in [6, 6.07) is 1.74. The molecule has 1 aliphatic heterocycles. The monoisotopic (exact) mass is 228 g/mol. The van der Waals surface area contributed by atoms with Gasteiger partial charge in [0, 0.05) is 31.9 Å². The van der Waals surface area contributed by atoms with E-state index >= 15 is 0 Å². The van der Waals surface area contributed by atoms with Gasteiger partial charge in [-0.1, -0.05) is 6.58 Å². The van der Waals surface area contributed by atoms with Crippen molar-refractivity contribution < 1.29 is 9.59 Å². The van der Waals surface area contributed by atoms with E-state index in [0.717, 1.165) is 18.8 Å². The Morgan fingerprint density at radius 3 is 2.65 bits per heavy atom. The van der Waals surface area contributed by atoms with Gasteiger partial charge in [-0.3, -0.25) is 9.59 Å². The molecule has 1 aromatic heterocycles. The molecule has 86 valence electrons. The smallest absolute Gasteiger partial charge is 0.211 e. The minimum atomic E-state index is -0.0999. The number of ketones is 2. The van der Waals surface area contributed by atoms with Gasteiger partial charge < -0.3 is 9.47 Å². The summed E-state index contributed by atoms with van der Waals surface area (Å²) in [7, 11) is 1.78. The number of nitrogens with zero attached hydrogens (tertiary/aromatic N) is 2. The van der Waals surface area contributed by atoms with Crippen molar-refractivity contribution in [2.75, 3.05) is 13.1 Å². The van der Waals surface area contributed by atoms with Crippen LogP contribution in [0.3, 0.4) is 0 Å². The highest BCUT2D eigenvalue weighted by Crippen LogP contribution is 2.28. The zero-order valence-corrected chi connectivity index (χ0v) is 9.56. The number of rotatable bonds is 2. The van der Waals surface area contributed by atoms with E-state index in [1.807, 2.05) is 4.90 Å². The van der Waals surface area contributed by atoms with Crippen LogP contribution >= 0.6 is 0 Å². The third kappa shape index (κ3) is 1.30. The Labute approximate surface area is 98.8 Å². The van der Waals surface area contributed by atoms with Gasteiger partial charge in [-0.05, 0) is 12.1 Å². The topological polar surface area (TPSA) is 42.1 Å². The van der Waals surface area contributed by atoms with Crippen LogP contribution in [0.1, 0.15) is 26.5 Å². The molecule has 1 aromatic rings.